The number of aromatic nitrogens is 1. The highest BCUT2D eigenvalue weighted by atomic mass is 32.1. The molecule has 0 fully saturated rings. The number of thiazole rings is 1. The van der Waals surface area contributed by atoms with Crippen molar-refractivity contribution < 1.29 is 9.53 Å². The molecule has 0 aliphatic heterocycles. The molecule has 0 atom stereocenters. The van der Waals surface area contributed by atoms with Gasteiger partial charge in [-0.15, -0.1) is 11.3 Å². The van der Waals surface area contributed by atoms with Crippen LogP contribution in [0.25, 0.3) is 10.8 Å². The van der Waals surface area contributed by atoms with E-state index in [9.17, 15) is 4.79 Å². The fourth-order valence-electron chi connectivity index (χ4n) is 3.37. The Bertz CT molecular complexity index is 1150. The van der Waals surface area contributed by atoms with E-state index in [0.29, 0.717) is 24.5 Å². The summed E-state index contributed by atoms with van der Waals surface area (Å²) < 4.78 is 5.86. The molecule has 3 aromatic carbocycles. The van der Waals surface area contributed by atoms with E-state index in [2.05, 4.69) is 23.2 Å². The van der Waals surface area contributed by atoms with Gasteiger partial charge in [-0.25, -0.2) is 4.98 Å². The van der Waals surface area contributed by atoms with Crippen molar-refractivity contribution in [3.05, 3.63) is 88.4 Å². The van der Waals surface area contributed by atoms with Crippen molar-refractivity contribution in [2.45, 2.75) is 20.5 Å². The van der Waals surface area contributed by atoms with Crippen LogP contribution >= 0.6 is 11.3 Å². The summed E-state index contributed by atoms with van der Waals surface area (Å²) in [6, 6.07) is 21.5. The number of fused-ring (bicyclic) bond motifs is 1. The Labute approximate surface area is 174 Å². The molecule has 0 bridgehead atoms. The summed E-state index contributed by atoms with van der Waals surface area (Å²) >= 11 is 1.60. The van der Waals surface area contributed by atoms with Crippen LogP contribution in [0.1, 0.15) is 28.0 Å². The van der Waals surface area contributed by atoms with Crippen LogP contribution < -0.4 is 9.64 Å². The second kappa shape index (κ2) is 8.45. The van der Waals surface area contributed by atoms with Crippen LogP contribution in [0.5, 0.6) is 5.75 Å². The first-order chi connectivity index (χ1) is 14.2. The zero-order valence-corrected chi connectivity index (χ0v) is 17.3. The number of benzene rings is 3. The van der Waals surface area contributed by atoms with Gasteiger partial charge in [0.15, 0.2) is 0 Å². The third-order valence-corrected chi connectivity index (χ3v) is 5.58. The molecule has 4 rings (SSSR count). The SMILES string of the molecule is CCN(C(=O)c1cccc(OCc2csc(C)n2)c1)c1cccc2ccccc12. The largest absolute Gasteiger partial charge is 0.487 e. The predicted octanol–water partition coefficient (Wildman–Crippen LogP) is 5.85. The number of carbonyl (C=O) groups is 1. The minimum absolute atomic E-state index is 0.0428. The lowest BCUT2D eigenvalue weighted by atomic mass is 10.1. The maximum absolute atomic E-state index is 13.3. The number of hydrogen-bond donors (Lipinski definition) is 0. The summed E-state index contributed by atoms with van der Waals surface area (Å²) in [7, 11) is 0. The van der Waals surface area contributed by atoms with Crippen LogP contribution in [0.2, 0.25) is 0 Å². The maximum Gasteiger partial charge on any atom is 0.258 e. The van der Waals surface area contributed by atoms with Gasteiger partial charge < -0.3 is 9.64 Å². The fourth-order valence-corrected chi connectivity index (χ4v) is 3.97. The van der Waals surface area contributed by atoms with E-state index in [1.807, 2.05) is 66.6 Å². The Kier molecular flexibility index (Phi) is 5.58. The number of rotatable bonds is 6. The first kappa shape index (κ1) is 19.2. The molecule has 1 heterocycles. The normalized spacial score (nSPS) is 10.8. The maximum atomic E-state index is 13.3. The van der Waals surface area contributed by atoms with Crippen molar-refractivity contribution in [3.63, 3.8) is 0 Å². The van der Waals surface area contributed by atoms with Crippen LogP contribution in [-0.4, -0.2) is 17.4 Å². The van der Waals surface area contributed by atoms with E-state index in [4.69, 9.17) is 4.74 Å². The van der Waals surface area contributed by atoms with Gasteiger partial charge in [0.1, 0.15) is 12.4 Å². The third-order valence-electron chi connectivity index (χ3n) is 4.75. The third kappa shape index (κ3) is 4.15. The van der Waals surface area contributed by atoms with Crippen molar-refractivity contribution in [2.75, 3.05) is 11.4 Å². The van der Waals surface area contributed by atoms with Gasteiger partial charge in [-0.3, -0.25) is 4.79 Å². The second-order valence-corrected chi connectivity index (χ2v) is 7.78. The van der Waals surface area contributed by atoms with Gasteiger partial charge in [0, 0.05) is 22.9 Å². The average molecular weight is 403 g/mol. The summed E-state index contributed by atoms with van der Waals surface area (Å²) in [5, 5.41) is 5.19. The van der Waals surface area contributed by atoms with Gasteiger partial charge >= 0.3 is 0 Å². The molecule has 0 N–H and O–H groups in total. The smallest absolute Gasteiger partial charge is 0.258 e. The molecule has 0 unspecified atom stereocenters. The lowest BCUT2D eigenvalue weighted by molar-refractivity contribution is 0.0988. The van der Waals surface area contributed by atoms with Gasteiger partial charge in [-0.05, 0) is 43.5 Å². The molecule has 4 nitrogen and oxygen atoms in total. The van der Waals surface area contributed by atoms with E-state index in [1.165, 1.54) is 0 Å². The van der Waals surface area contributed by atoms with Crippen molar-refractivity contribution in [1.82, 2.24) is 4.98 Å². The average Bonchev–Trinajstić information content (AvgIpc) is 3.18. The number of carbonyl (C=O) groups excluding carboxylic acids is 1. The molecule has 0 aliphatic rings. The van der Waals surface area contributed by atoms with Crippen molar-refractivity contribution in [1.29, 1.82) is 0 Å². The van der Waals surface area contributed by atoms with E-state index in [-0.39, 0.29) is 5.91 Å². The summed E-state index contributed by atoms with van der Waals surface area (Å²) in [4.78, 5) is 19.5. The Hall–Kier alpha value is -3.18. The Morgan fingerprint density at radius 1 is 1.07 bits per heavy atom. The van der Waals surface area contributed by atoms with Crippen LogP contribution in [0.15, 0.2) is 72.1 Å². The molecule has 29 heavy (non-hydrogen) atoms. The standard InChI is InChI=1S/C24H22N2O2S/c1-3-26(23-13-7-9-18-8-4-5-12-22(18)23)24(27)19-10-6-11-21(14-19)28-15-20-16-29-17(2)25-20/h4-14,16H,3,15H2,1-2H3. The Morgan fingerprint density at radius 2 is 1.86 bits per heavy atom. The molecule has 4 aromatic rings. The van der Waals surface area contributed by atoms with Crippen LogP contribution in [0.4, 0.5) is 5.69 Å². The molecule has 0 spiro atoms. The minimum atomic E-state index is -0.0428. The van der Waals surface area contributed by atoms with E-state index < -0.39 is 0 Å². The van der Waals surface area contributed by atoms with E-state index in [1.54, 1.807) is 17.4 Å². The molecule has 0 saturated heterocycles. The summed E-state index contributed by atoms with van der Waals surface area (Å²) in [5.74, 6) is 0.620. The molecule has 1 aromatic heterocycles. The molecule has 1 amide bonds. The first-order valence-electron chi connectivity index (χ1n) is 9.59. The van der Waals surface area contributed by atoms with E-state index >= 15 is 0 Å². The molecular formula is C24H22N2O2S. The van der Waals surface area contributed by atoms with Crippen molar-refractivity contribution in [2.24, 2.45) is 0 Å². The van der Waals surface area contributed by atoms with Crippen LogP contribution in [-0.2, 0) is 6.61 Å². The fraction of sp³-hybridized carbons (Fsp3) is 0.167. The number of anilines is 1. The van der Waals surface area contributed by atoms with Crippen molar-refractivity contribution >= 4 is 33.7 Å². The van der Waals surface area contributed by atoms with E-state index in [0.717, 1.165) is 27.2 Å². The van der Waals surface area contributed by atoms with Gasteiger partial charge in [-0.1, -0.05) is 42.5 Å². The second-order valence-electron chi connectivity index (χ2n) is 6.72. The highest BCUT2D eigenvalue weighted by Crippen LogP contribution is 2.28. The summed E-state index contributed by atoms with van der Waals surface area (Å²) in [6.45, 7) is 4.93. The molecule has 146 valence electrons. The monoisotopic (exact) mass is 402 g/mol. The molecule has 0 saturated carbocycles. The molecule has 5 heteroatoms. The van der Waals surface area contributed by atoms with Crippen LogP contribution in [0.3, 0.4) is 0 Å². The predicted molar refractivity (Wildman–Crippen MR) is 119 cm³/mol. The quantitative estimate of drug-likeness (QED) is 0.406. The van der Waals surface area contributed by atoms with Crippen molar-refractivity contribution in [3.8, 4) is 5.75 Å². The molecular weight excluding hydrogens is 380 g/mol. The van der Waals surface area contributed by atoms with Gasteiger partial charge in [0.25, 0.3) is 5.91 Å². The zero-order chi connectivity index (χ0) is 20.2. The summed E-state index contributed by atoms with van der Waals surface area (Å²) in [6.07, 6.45) is 0. The summed E-state index contributed by atoms with van der Waals surface area (Å²) in [5.41, 5.74) is 2.42. The number of amides is 1. The lowest BCUT2D eigenvalue weighted by Crippen LogP contribution is -2.30. The molecule has 0 radical (unpaired) electrons. The topological polar surface area (TPSA) is 42.4 Å². The highest BCUT2D eigenvalue weighted by molar-refractivity contribution is 7.09. The van der Waals surface area contributed by atoms with Gasteiger partial charge in [0.2, 0.25) is 0 Å². The number of nitrogens with zero attached hydrogens (tertiary/aromatic N) is 2. The number of hydrogen-bond acceptors (Lipinski definition) is 4. The Morgan fingerprint density at radius 3 is 2.66 bits per heavy atom. The van der Waals surface area contributed by atoms with Gasteiger partial charge in [0.05, 0.1) is 16.4 Å². The molecule has 0 aliphatic carbocycles. The van der Waals surface area contributed by atoms with Crippen LogP contribution in [0, 0.1) is 6.92 Å². The Balaban J connectivity index is 1.59. The zero-order valence-electron chi connectivity index (χ0n) is 16.5. The minimum Gasteiger partial charge on any atom is -0.487 e. The highest BCUT2D eigenvalue weighted by Gasteiger charge is 2.18. The lowest BCUT2D eigenvalue weighted by Gasteiger charge is -2.23. The number of ether oxygens (including phenoxy) is 1. The number of aryl methyl sites for hydroxylation is 1. The first-order valence-corrected chi connectivity index (χ1v) is 10.5. The van der Waals surface area contributed by atoms with Gasteiger partial charge in [-0.2, -0.15) is 0 Å².